The Hall–Kier alpha value is -2.82. The van der Waals surface area contributed by atoms with Crippen molar-refractivity contribution in [1.29, 1.82) is 0 Å². The van der Waals surface area contributed by atoms with Gasteiger partial charge in [-0.05, 0) is 43.7 Å². The fourth-order valence-corrected chi connectivity index (χ4v) is 3.42. The average molecular weight is 321 g/mol. The van der Waals surface area contributed by atoms with Gasteiger partial charge in [0.05, 0.1) is 23.3 Å². The molecular weight excluding hydrogens is 302 g/mol. The second kappa shape index (κ2) is 6.00. The van der Waals surface area contributed by atoms with Gasteiger partial charge in [-0.2, -0.15) is 0 Å². The standard InChI is InChI=1S/C19H19N3O2/c1-14-20-17-6-2-3-7-18(17)22(14)15-10-11-21(13-15)19(23)9-8-16-5-4-12-24-16/h2-9,12,15H,10-11,13H2,1H3. The Bertz CT molecular complexity index is 893. The molecule has 3 heterocycles. The maximum atomic E-state index is 12.4. The Morgan fingerprint density at radius 1 is 1.29 bits per heavy atom. The number of hydrogen-bond acceptors (Lipinski definition) is 3. The van der Waals surface area contributed by atoms with Crippen LogP contribution in [0.3, 0.4) is 0 Å². The van der Waals surface area contributed by atoms with Gasteiger partial charge < -0.3 is 13.9 Å². The molecule has 3 aromatic rings. The van der Waals surface area contributed by atoms with Gasteiger partial charge >= 0.3 is 0 Å². The van der Waals surface area contributed by atoms with E-state index in [2.05, 4.69) is 15.6 Å². The smallest absolute Gasteiger partial charge is 0.246 e. The van der Waals surface area contributed by atoms with Crippen LogP contribution in [0.15, 0.2) is 53.2 Å². The lowest BCUT2D eigenvalue weighted by molar-refractivity contribution is -0.125. The van der Waals surface area contributed by atoms with Gasteiger partial charge in [-0.1, -0.05) is 12.1 Å². The number of para-hydroxylation sites is 2. The number of benzene rings is 1. The summed E-state index contributed by atoms with van der Waals surface area (Å²) in [6.45, 7) is 3.50. The third-order valence-electron chi connectivity index (χ3n) is 4.55. The summed E-state index contributed by atoms with van der Waals surface area (Å²) in [7, 11) is 0. The highest BCUT2D eigenvalue weighted by Gasteiger charge is 2.28. The molecule has 1 amide bonds. The van der Waals surface area contributed by atoms with E-state index in [9.17, 15) is 4.79 Å². The zero-order valence-corrected chi connectivity index (χ0v) is 13.6. The van der Waals surface area contributed by atoms with Crippen LogP contribution in [0.1, 0.15) is 24.0 Å². The molecule has 1 saturated heterocycles. The van der Waals surface area contributed by atoms with E-state index in [1.165, 1.54) is 0 Å². The average Bonchev–Trinajstić information content (AvgIpc) is 3.31. The fourth-order valence-electron chi connectivity index (χ4n) is 3.42. The number of aromatic nitrogens is 2. The molecule has 1 fully saturated rings. The number of amides is 1. The Balaban J connectivity index is 1.51. The highest BCUT2D eigenvalue weighted by molar-refractivity contribution is 5.91. The summed E-state index contributed by atoms with van der Waals surface area (Å²) < 4.78 is 7.48. The van der Waals surface area contributed by atoms with E-state index in [4.69, 9.17) is 4.42 Å². The summed E-state index contributed by atoms with van der Waals surface area (Å²) in [6, 6.07) is 12.1. The van der Waals surface area contributed by atoms with E-state index in [1.807, 2.05) is 42.2 Å². The molecule has 0 spiro atoms. The molecule has 1 atom stereocenters. The molecule has 122 valence electrons. The normalized spacial score (nSPS) is 18.0. The van der Waals surface area contributed by atoms with Crippen LogP contribution in [0.2, 0.25) is 0 Å². The minimum absolute atomic E-state index is 0.0240. The quantitative estimate of drug-likeness (QED) is 0.695. The number of furan rings is 1. The van der Waals surface area contributed by atoms with Crippen molar-refractivity contribution in [2.24, 2.45) is 0 Å². The van der Waals surface area contributed by atoms with Crippen molar-refractivity contribution in [2.45, 2.75) is 19.4 Å². The number of carbonyl (C=O) groups is 1. The number of likely N-dealkylation sites (tertiary alicyclic amines) is 1. The molecule has 4 rings (SSSR count). The number of nitrogens with zero attached hydrogens (tertiary/aromatic N) is 3. The fraction of sp³-hybridized carbons (Fsp3) is 0.263. The third kappa shape index (κ3) is 2.62. The number of imidazole rings is 1. The van der Waals surface area contributed by atoms with Crippen LogP contribution < -0.4 is 0 Å². The molecule has 24 heavy (non-hydrogen) atoms. The van der Waals surface area contributed by atoms with Gasteiger partial charge in [-0.3, -0.25) is 4.79 Å². The van der Waals surface area contributed by atoms with Crippen LogP contribution in [0.4, 0.5) is 0 Å². The maximum absolute atomic E-state index is 12.4. The highest BCUT2D eigenvalue weighted by atomic mass is 16.3. The van der Waals surface area contributed by atoms with E-state index in [0.29, 0.717) is 12.3 Å². The number of aryl methyl sites for hydroxylation is 1. The summed E-state index contributed by atoms with van der Waals surface area (Å²) in [4.78, 5) is 18.9. The van der Waals surface area contributed by atoms with Crippen molar-refractivity contribution in [3.05, 3.63) is 60.3 Å². The monoisotopic (exact) mass is 321 g/mol. The Morgan fingerprint density at radius 2 is 2.17 bits per heavy atom. The number of rotatable bonds is 3. The molecule has 1 aliphatic rings. The number of fused-ring (bicyclic) bond motifs is 1. The predicted octanol–water partition coefficient (Wildman–Crippen LogP) is 3.42. The van der Waals surface area contributed by atoms with Crippen LogP contribution in [-0.4, -0.2) is 33.4 Å². The van der Waals surface area contributed by atoms with Crippen LogP contribution in [0.5, 0.6) is 0 Å². The summed E-state index contributed by atoms with van der Waals surface area (Å²) in [5, 5.41) is 0. The largest absolute Gasteiger partial charge is 0.465 e. The summed E-state index contributed by atoms with van der Waals surface area (Å²) in [5.41, 5.74) is 2.15. The van der Waals surface area contributed by atoms with Gasteiger partial charge in [0.1, 0.15) is 11.6 Å². The van der Waals surface area contributed by atoms with Crippen LogP contribution in [0, 0.1) is 6.92 Å². The van der Waals surface area contributed by atoms with Crippen LogP contribution >= 0.6 is 0 Å². The summed E-state index contributed by atoms with van der Waals surface area (Å²) >= 11 is 0. The van der Waals surface area contributed by atoms with Crippen molar-refractivity contribution in [3.8, 4) is 0 Å². The Labute approximate surface area is 140 Å². The van der Waals surface area contributed by atoms with E-state index in [-0.39, 0.29) is 11.9 Å². The van der Waals surface area contributed by atoms with Crippen molar-refractivity contribution < 1.29 is 9.21 Å². The van der Waals surface area contributed by atoms with Crippen molar-refractivity contribution in [3.63, 3.8) is 0 Å². The molecule has 0 radical (unpaired) electrons. The first kappa shape index (κ1) is 14.8. The minimum Gasteiger partial charge on any atom is -0.465 e. The molecule has 2 aromatic heterocycles. The Morgan fingerprint density at radius 3 is 3.00 bits per heavy atom. The van der Waals surface area contributed by atoms with Gasteiger partial charge in [-0.25, -0.2) is 4.98 Å². The van der Waals surface area contributed by atoms with Crippen molar-refractivity contribution >= 4 is 23.0 Å². The third-order valence-corrected chi connectivity index (χ3v) is 4.55. The molecule has 0 N–H and O–H groups in total. The van der Waals surface area contributed by atoms with Gasteiger partial charge in [-0.15, -0.1) is 0 Å². The van der Waals surface area contributed by atoms with Gasteiger partial charge in [0.2, 0.25) is 5.91 Å². The van der Waals surface area contributed by atoms with Crippen LogP contribution in [0.25, 0.3) is 17.1 Å². The van der Waals surface area contributed by atoms with E-state index in [0.717, 1.165) is 29.8 Å². The van der Waals surface area contributed by atoms with Gasteiger partial charge in [0, 0.05) is 19.2 Å². The van der Waals surface area contributed by atoms with Crippen molar-refractivity contribution in [2.75, 3.05) is 13.1 Å². The second-order valence-corrected chi connectivity index (χ2v) is 6.09. The lowest BCUT2D eigenvalue weighted by atomic mass is 10.2. The first-order valence-corrected chi connectivity index (χ1v) is 8.16. The summed E-state index contributed by atoms with van der Waals surface area (Å²) in [6.07, 6.45) is 5.85. The van der Waals surface area contributed by atoms with E-state index >= 15 is 0 Å². The molecular formula is C19H19N3O2. The van der Waals surface area contributed by atoms with Crippen molar-refractivity contribution in [1.82, 2.24) is 14.5 Å². The summed E-state index contributed by atoms with van der Waals surface area (Å²) in [5.74, 6) is 1.72. The first-order chi connectivity index (χ1) is 11.7. The predicted molar refractivity (Wildman–Crippen MR) is 92.4 cm³/mol. The van der Waals surface area contributed by atoms with Gasteiger partial charge in [0.15, 0.2) is 0 Å². The first-order valence-electron chi connectivity index (χ1n) is 8.16. The minimum atomic E-state index is 0.0240. The van der Waals surface area contributed by atoms with E-state index < -0.39 is 0 Å². The molecule has 1 unspecified atom stereocenters. The number of carbonyl (C=O) groups excluding carboxylic acids is 1. The van der Waals surface area contributed by atoms with E-state index in [1.54, 1.807) is 18.4 Å². The highest BCUT2D eigenvalue weighted by Crippen LogP contribution is 2.28. The maximum Gasteiger partial charge on any atom is 0.246 e. The zero-order valence-electron chi connectivity index (χ0n) is 13.6. The van der Waals surface area contributed by atoms with Gasteiger partial charge in [0.25, 0.3) is 0 Å². The number of hydrogen-bond donors (Lipinski definition) is 0. The topological polar surface area (TPSA) is 51.3 Å². The molecule has 5 nitrogen and oxygen atoms in total. The zero-order chi connectivity index (χ0) is 16.5. The molecule has 0 bridgehead atoms. The van der Waals surface area contributed by atoms with Crippen LogP contribution in [-0.2, 0) is 4.79 Å². The molecule has 1 aliphatic heterocycles. The molecule has 5 heteroatoms. The lowest BCUT2D eigenvalue weighted by Crippen LogP contribution is -2.27. The molecule has 1 aromatic carbocycles. The Kier molecular flexibility index (Phi) is 3.69. The second-order valence-electron chi connectivity index (χ2n) is 6.09. The SMILES string of the molecule is Cc1nc2ccccc2n1C1CCN(C(=O)C=Cc2ccco2)C1. The molecule has 0 saturated carbocycles. The lowest BCUT2D eigenvalue weighted by Gasteiger charge is -2.17. The molecule has 0 aliphatic carbocycles.